The summed E-state index contributed by atoms with van der Waals surface area (Å²) in [6.45, 7) is 7.07. The van der Waals surface area contributed by atoms with Gasteiger partial charge in [0, 0.05) is 17.2 Å². The molecule has 1 atom stereocenters. The third-order valence-electron chi connectivity index (χ3n) is 3.40. The zero-order chi connectivity index (χ0) is 14.8. The van der Waals surface area contributed by atoms with Gasteiger partial charge in [-0.2, -0.15) is 0 Å². The highest BCUT2D eigenvalue weighted by molar-refractivity contribution is 9.10. The first kappa shape index (κ1) is 15.3. The Morgan fingerprint density at radius 2 is 2.00 bits per heavy atom. The van der Waals surface area contributed by atoms with Crippen LogP contribution in [0.4, 0.5) is 0 Å². The van der Waals surface area contributed by atoms with Gasteiger partial charge in [-0.25, -0.2) is 0 Å². The van der Waals surface area contributed by atoms with Crippen LogP contribution in [0.25, 0.3) is 0 Å². The van der Waals surface area contributed by atoms with E-state index in [1.54, 1.807) is 0 Å². The average molecular weight is 351 g/mol. The summed E-state index contributed by atoms with van der Waals surface area (Å²) in [6, 6.07) is 12.5. The van der Waals surface area contributed by atoms with E-state index in [-0.39, 0.29) is 5.54 Å². The topological polar surface area (TPSA) is 17.0 Å². The van der Waals surface area contributed by atoms with Crippen LogP contribution in [0.3, 0.4) is 0 Å². The van der Waals surface area contributed by atoms with Gasteiger partial charge in [-0.05, 0) is 36.8 Å². The number of halogens is 1. The Morgan fingerprint density at radius 3 is 2.70 bits per heavy atom. The van der Waals surface area contributed by atoms with Gasteiger partial charge in [0.25, 0.3) is 0 Å². The molecule has 0 saturated heterocycles. The third-order valence-corrected chi connectivity index (χ3v) is 4.20. The molecule has 1 aromatic carbocycles. The van der Waals surface area contributed by atoms with Crippen LogP contribution in [-0.4, -0.2) is 9.56 Å². The molecule has 2 nitrogen and oxygen atoms in total. The van der Waals surface area contributed by atoms with Gasteiger partial charge in [0.15, 0.2) is 0 Å². The van der Waals surface area contributed by atoms with Gasteiger partial charge in [-0.15, -0.1) is 0 Å². The lowest BCUT2D eigenvalue weighted by atomic mass is 9.90. The van der Waals surface area contributed by atoms with Crippen molar-refractivity contribution in [3.8, 4) is 0 Å². The minimum Gasteiger partial charge on any atom is -0.364 e. The van der Waals surface area contributed by atoms with E-state index in [4.69, 9.17) is 12.2 Å². The summed E-state index contributed by atoms with van der Waals surface area (Å²) in [5.74, 6) is 0. The highest BCUT2D eigenvalue weighted by Crippen LogP contribution is 2.29. The van der Waals surface area contributed by atoms with Crippen molar-refractivity contribution in [2.45, 2.75) is 32.9 Å². The molecule has 1 unspecified atom stereocenters. The number of nitrogens with one attached hydrogen (secondary N) is 1. The molecule has 0 aliphatic carbocycles. The predicted molar refractivity (Wildman–Crippen MR) is 92.1 cm³/mol. The van der Waals surface area contributed by atoms with Crippen molar-refractivity contribution in [1.29, 1.82) is 0 Å². The van der Waals surface area contributed by atoms with Crippen molar-refractivity contribution < 1.29 is 0 Å². The molecule has 20 heavy (non-hydrogen) atoms. The molecule has 2 heterocycles. The Bertz CT molecular complexity index is 620. The number of hydrogen-bond acceptors (Lipinski definition) is 1. The summed E-state index contributed by atoms with van der Waals surface area (Å²) in [5, 5.41) is 3.47. The molecule has 1 aliphatic heterocycles. The first-order valence-corrected chi connectivity index (χ1v) is 8.02. The molecule has 4 heteroatoms. The summed E-state index contributed by atoms with van der Waals surface area (Å²) >= 11 is 8.98. The summed E-state index contributed by atoms with van der Waals surface area (Å²) in [5.41, 5.74) is 2.17. The number of nitrogens with zero attached hydrogens (tertiary/aromatic N) is 1. The molecule has 3 rings (SSSR count). The van der Waals surface area contributed by atoms with Gasteiger partial charge in [0.1, 0.15) is 4.99 Å². The van der Waals surface area contributed by atoms with Crippen molar-refractivity contribution in [1.82, 2.24) is 9.88 Å². The van der Waals surface area contributed by atoms with E-state index < -0.39 is 0 Å². The van der Waals surface area contributed by atoms with E-state index >= 15 is 0 Å². The lowest BCUT2D eigenvalue weighted by Gasteiger charge is -2.38. The second kappa shape index (κ2) is 6.10. The van der Waals surface area contributed by atoms with Crippen LogP contribution in [-0.2, 0) is 12.1 Å². The minimum absolute atomic E-state index is 0.160. The number of benzene rings is 1. The summed E-state index contributed by atoms with van der Waals surface area (Å²) < 4.78 is 3.30. The molecule has 1 aliphatic rings. The smallest absolute Gasteiger partial charge is 0.124 e. The molecule has 0 amide bonds. The van der Waals surface area contributed by atoms with Gasteiger partial charge in [0.05, 0.1) is 11.2 Å². The minimum atomic E-state index is -0.160. The number of aromatic nitrogens is 1. The van der Waals surface area contributed by atoms with E-state index in [9.17, 15) is 0 Å². The number of fused-ring (bicyclic) bond motifs is 1. The molecule has 106 valence electrons. The normalized spacial score (nSPS) is 20.5. The Hall–Kier alpha value is -1.13. The molecule has 0 saturated carbocycles. The lowest BCUT2D eigenvalue weighted by molar-refractivity contribution is 0.353. The van der Waals surface area contributed by atoms with E-state index in [0.29, 0.717) is 0 Å². The monoisotopic (exact) mass is 350 g/mol. The van der Waals surface area contributed by atoms with Crippen molar-refractivity contribution in [3.63, 3.8) is 0 Å². The van der Waals surface area contributed by atoms with E-state index in [1.807, 2.05) is 26.0 Å². The molecule has 1 N–H and O–H groups in total. The Kier molecular flexibility index (Phi) is 4.66. The Morgan fingerprint density at radius 1 is 1.25 bits per heavy atom. The fourth-order valence-electron chi connectivity index (χ4n) is 2.45. The second-order valence-corrected chi connectivity index (χ2v) is 6.14. The molecular formula is C16H19BrN2S. The zero-order valence-electron chi connectivity index (χ0n) is 12.0. The maximum absolute atomic E-state index is 5.45. The van der Waals surface area contributed by atoms with Gasteiger partial charge in [-0.3, -0.25) is 0 Å². The van der Waals surface area contributed by atoms with Crippen LogP contribution in [0.15, 0.2) is 47.1 Å². The zero-order valence-corrected chi connectivity index (χ0v) is 14.4. The summed E-state index contributed by atoms with van der Waals surface area (Å²) in [7, 11) is 0. The molecule has 0 fully saturated rings. The van der Waals surface area contributed by atoms with Gasteiger partial charge < -0.3 is 9.88 Å². The molecule has 0 spiro atoms. The summed E-state index contributed by atoms with van der Waals surface area (Å²) in [4.78, 5) is 0.814. The van der Waals surface area contributed by atoms with Crippen molar-refractivity contribution in [2.75, 3.05) is 0 Å². The van der Waals surface area contributed by atoms with Gasteiger partial charge in [-0.1, -0.05) is 54.1 Å². The van der Waals surface area contributed by atoms with E-state index in [0.717, 1.165) is 21.7 Å². The number of thiocarbonyl (C=S) groups is 1. The predicted octanol–water partition coefficient (Wildman–Crippen LogP) is 4.47. The highest BCUT2D eigenvalue weighted by Gasteiger charge is 2.33. The SMILES string of the molecule is CC.CC1(c2cccc(Br)c2)Cn2cccc2C(=S)N1. The van der Waals surface area contributed by atoms with Gasteiger partial charge in [0.2, 0.25) is 0 Å². The number of hydrogen-bond donors (Lipinski definition) is 1. The Labute approximate surface area is 134 Å². The van der Waals surface area contributed by atoms with Crippen LogP contribution >= 0.6 is 28.1 Å². The van der Waals surface area contributed by atoms with Crippen molar-refractivity contribution >= 4 is 33.1 Å². The molecule has 0 radical (unpaired) electrons. The molecule has 1 aromatic heterocycles. The standard InChI is InChI=1S/C14H13BrN2S.C2H6/c1-14(10-4-2-5-11(15)8-10)9-17-7-3-6-12(17)13(18)16-14;1-2/h2-8H,9H2,1H3,(H,16,18);1-2H3. The maximum Gasteiger partial charge on any atom is 0.124 e. The van der Waals surface area contributed by atoms with Crippen LogP contribution in [0.5, 0.6) is 0 Å². The molecule has 2 aromatic rings. The molecular weight excluding hydrogens is 332 g/mol. The van der Waals surface area contributed by atoms with Gasteiger partial charge >= 0.3 is 0 Å². The van der Waals surface area contributed by atoms with E-state index in [1.165, 1.54) is 5.56 Å². The maximum atomic E-state index is 5.45. The fourth-order valence-corrected chi connectivity index (χ4v) is 3.26. The third kappa shape index (κ3) is 2.81. The first-order chi connectivity index (χ1) is 9.58. The second-order valence-electron chi connectivity index (χ2n) is 4.82. The first-order valence-electron chi connectivity index (χ1n) is 6.82. The van der Waals surface area contributed by atoms with E-state index in [2.05, 4.69) is 63.2 Å². The largest absolute Gasteiger partial charge is 0.364 e. The quantitative estimate of drug-likeness (QED) is 0.764. The van der Waals surface area contributed by atoms with Crippen molar-refractivity contribution in [3.05, 3.63) is 58.3 Å². The summed E-state index contributed by atoms with van der Waals surface area (Å²) in [6.07, 6.45) is 2.08. The molecule has 0 bridgehead atoms. The van der Waals surface area contributed by atoms with Crippen molar-refractivity contribution in [2.24, 2.45) is 0 Å². The van der Waals surface area contributed by atoms with Crippen LogP contribution in [0.2, 0.25) is 0 Å². The fraction of sp³-hybridized carbons (Fsp3) is 0.312. The van der Waals surface area contributed by atoms with Crippen LogP contribution in [0, 0.1) is 0 Å². The average Bonchev–Trinajstić information content (AvgIpc) is 2.89. The highest BCUT2D eigenvalue weighted by atomic mass is 79.9. The van der Waals surface area contributed by atoms with Crippen LogP contribution in [0.1, 0.15) is 32.0 Å². The van der Waals surface area contributed by atoms with Crippen LogP contribution < -0.4 is 5.32 Å². The Balaban J connectivity index is 0.000000704. The lowest BCUT2D eigenvalue weighted by Crippen LogP contribution is -2.50. The number of rotatable bonds is 1.